The maximum atomic E-state index is 11.5. The summed E-state index contributed by atoms with van der Waals surface area (Å²) in [5, 5.41) is 18.6. The summed E-state index contributed by atoms with van der Waals surface area (Å²) in [4.78, 5) is 13.1. The van der Waals surface area contributed by atoms with Gasteiger partial charge in [0.05, 0.1) is 25.2 Å². The van der Waals surface area contributed by atoms with Gasteiger partial charge in [-0.05, 0) is 5.41 Å². The molecule has 0 aliphatic carbocycles. The first-order chi connectivity index (χ1) is 6.36. The zero-order valence-electron chi connectivity index (χ0n) is 9.03. The molecule has 0 spiro atoms. The molecule has 0 bridgehead atoms. The third kappa shape index (κ3) is 2.25. The molecule has 4 nitrogen and oxygen atoms in total. The Morgan fingerprint density at radius 2 is 2.14 bits per heavy atom. The number of aliphatic hydroxyl groups is 2. The third-order valence-corrected chi connectivity index (χ3v) is 2.69. The number of hydrogen-bond donors (Lipinski definition) is 2. The quantitative estimate of drug-likeness (QED) is 0.660. The van der Waals surface area contributed by atoms with E-state index in [1.807, 2.05) is 20.8 Å². The van der Waals surface area contributed by atoms with Gasteiger partial charge in [-0.2, -0.15) is 0 Å². The molecule has 1 saturated heterocycles. The second kappa shape index (κ2) is 3.87. The van der Waals surface area contributed by atoms with Gasteiger partial charge in [0.2, 0.25) is 5.91 Å². The summed E-state index contributed by atoms with van der Waals surface area (Å²) in [6, 6.07) is -0.202. The number of β-amino-alcohol motifs (C(OH)–C–C–N with tert-alkyl or cyclic N) is 1. The van der Waals surface area contributed by atoms with Crippen molar-refractivity contribution >= 4 is 5.91 Å². The average molecular weight is 201 g/mol. The Bertz CT molecular complexity index is 222. The van der Waals surface area contributed by atoms with E-state index in [1.54, 1.807) is 4.90 Å². The van der Waals surface area contributed by atoms with Crippen LogP contribution in [0.25, 0.3) is 0 Å². The zero-order valence-corrected chi connectivity index (χ0v) is 9.03. The zero-order chi connectivity index (χ0) is 10.9. The van der Waals surface area contributed by atoms with Crippen molar-refractivity contribution in [2.24, 2.45) is 5.41 Å². The molecule has 1 heterocycles. The van der Waals surface area contributed by atoms with Gasteiger partial charge in [0.25, 0.3) is 0 Å². The SMILES string of the molecule is CC(C)(C)[C@@H](CO)N1CC(O)CC1=O. The third-order valence-electron chi connectivity index (χ3n) is 2.69. The highest BCUT2D eigenvalue weighted by molar-refractivity contribution is 5.79. The summed E-state index contributed by atoms with van der Waals surface area (Å²) in [5.41, 5.74) is -0.158. The minimum absolute atomic E-state index is 0.0536. The molecule has 4 heteroatoms. The molecule has 2 atom stereocenters. The Balaban J connectivity index is 2.76. The molecule has 2 N–H and O–H groups in total. The first kappa shape index (κ1) is 11.5. The highest BCUT2D eigenvalue weighted by Gasteiger charge is 2.38. The Morgan fingerprint density at radius 1 is 1.57 bits per heavy atom. The van der Waals surface area contributed by atoms with Crippen molar-refractivity contribution in [2.45, 2.75) is 39.3 Å². The average Bonchev–Trinajstić information content (AvgIpc) is 2.29. The number of carbonyl (C=O) groups excluding carboxylic acids is 1. The molecule has 0 aromatic carbocycles. The molecule has 1 aliphatic rings. The fraction of sp³-hybridized carbons (Fsp3) is 0.900. The summed E-state index contributed by atoms with van der Waals surface area (Å²) in [5.74, 6) is -0.0634. The Morgan fingerprint density at radius 3 is 2.43 bits per heavy atom. The lowest BCUT2D eigenvalue weighted by molar-refractivity contribution is -0.133. The van der Waals surface area contributed by atoms with E-state index in [-0.39, 0.29) is 30.4 Å². The molecule has 1 unspecified atom stereocenters. The lowest BCUT2D eigenvalue weighted by atomic mass is 9.86. The molecular weight excluding hydrogens is 182 g/mol. The molecule has 1 fully saturated rings. The standard InChI is InChI=1S/C10H19NO3/c1-10(2,3)8(6-12)11-5-7(13)4-9(11)14/h7-8,12-13H,4-6H2,1-3H3/t7?,8-/m1/s1. The van der Waals surface area contributed by atoms with Gasteiger partial charge in [0.15, 0.2) is 0 Å². The summed E-state index contributed by atoms with van der Waals surface area (Å²) < 4.78 is 0. The van der Waals surface area contributed by atoms with Crippen molar-refractivity contribution in [2.75, 3.05) is 13.2 Å². The second-order valence-corrected chi connectivity index (χ2v) is 4.97. The predicted octanol–water partition coefficient (Wildman–Crippen LogP) is -0.0134. The summed E-state index contributed by atoms with van der Waals surface area (Å²) in [6.45, 7) is 6.23. The molecule has 0 saturated carbocycles. The number of aliphatic hydroxyl groups excluding tert-OH is 2. The van der Waals surface area contributed by atoms with Gasteiger partial charge in [0.1, 0.15) is 0 Å². The lowest BCUT2D eigenvalue weighted by Crippen LogP contribution is -2.47. The van der Waals surface area contributed by atoms with E-state index >= 15 is 0 Å². The van der Waals surface area contributed by atoms with Crippen LogP contribution in [-0.2, 0) is 4.79 Å². The molecule has 1 amide bonds. The number of rotatable bonds is 2. The Hall–Kier alpha value is -0.610. The predicted molar refractivity (Wildman–Crippen MR) is 52.7 cm³/mol. The maximum absolute atomic E-state index is 11.5. The smallest absolute Gasteiger partial charge is 0.225 e. The van der Waals surface area contributed by atoms with Gasteiger partial charge >= 0.3 is 0 Å². The largest absolute Gasteiger partial charge is 0.394 e. The van der Waals surface area contributed by atoms with Crippen LogP contribution in [0.4, 0.5) is 0 Å². The van der Waals surface area contributed by atoms with E-state index < -0.39 is 6.10 Å². The van der Waals surface area contributed by atoms with Gasteiger partial charge < -0.3 is 15.1 Å². The van der Waals surface area contributed by atoms with Gasteiger partial charge in [0, 0.05) is 6.54 Å². The van der Waals surface area contributed by atoms with Crippen molar-refractivity contribution in [3.05, 3.63) is 0 Å². The van der Waals surface area contributed by atoms with Crippen molar-refractivity contribution in [3.63, 3.8) is 0 Å². The van der Waals surface area contributed by atoms with Gasteiger partial charge in [-0.15, -0.1) is 0 Å². The molecule has 14 heavy (non-hydrogen) atoms. The molecule has 0 radical (unpaired) electrons. The van der Waals surface area contributed by atoms with E-state index in [2.05, 4.69) is 0 Å². The molecule has 82 valence electrons. The number of carbonyl (C=O) groups is 1. The second-order valence-electron chi connectivity index (χ2n) is 4.97. The van der Waals surface area contributed by atoms with Crippen LogP contribution in [0.2, 0.25) is 0 Å². The lowest BCUT2D eigenvalue weighted by Gasteiger charge is -2.36. The molecule has 1 aliphatic heterocycles. The molecule has 0 aromatic rings. The normalized spacial score (nSPS) is 25.6. The van der Waals surface area contributed by atoms with Crippen LogP contribution in [0.3, 0.4) is 0 Å². The maximum Gasteiger partial charge on any atom is 0.225 e. The molecule has 1 rings (SSSR count). The first-order valence-electron chi connectivity index (χ1n) is 4.94. The number of hydrogen-bond acceptors (Lipinski definition) is 3. The Labute approximate surface area is 84.5 Å². The van der Waals surface area contributed by atoms with Crippen LogP contribution in [0, 0.1) is 5.41 Å². The number of nitrogens with zero attached hydrogens (tertiary/aromatic N) is 1. The Kier molecular flexibility index (Phi) is 3.17. The van der Waals surface area contributed by atoms with Crippen LogP contribution >= 0.6 is 0 Å². The first-order valence-corrected chi connectivity index (χ1v) is 4.94. The van der Waals surface area contributed by atoms with E-state index in [9.17, 15) is 15.0 Å². The molecular formula is C10H19NO3. The molecule has 0 aromatic heterocycles. The van der Waals surface area contributed by atoms with Crippen molar-refractivity contribution in [1.29, 1.82) is 0 Å². The summed E-state index contributed by atoms with van der Waals surface area (Å²) >= 11 is 0. The van der Waals surface area contributed by atoms with E-state index in [0.717, 1.165) is 0 Å². The van der Waals surface area contributed by atoms with Gasteiger partial charge in [-0.1, -0.05) is 20.8 Å². The van der Waals surface area contributed by atoms with Crippen LogP contribution in [0.1, 0.15) is 27.2 Å². The van der Waals surface area contributed by atoms with E-state index in [0.29, 0.717) is 6.54 Å². The van der Waals surface area contributed by atoms with E-state index in [4.69, 9.17) is 0 Å². The fourth-order valence-corrected chi connectivity index (χ4v) is 1.85. The number of likely N-dealkylation sites (tertiary alicyclic amines) is 1. The van der Waals surface area contributed by atoms with Crippen molar-refractivity contribution < 1.29 is 15.0 Å². The monoisotopic (exact) mass is 201 g/mol. The van der Waals surface area contributed by atoms with Gasteiger partial charge in [-0.25, -0.2) is 0 Å². The van der Waals surface area contributed by atoms with Gasteiger partial charge in [-0.3, -0.25) is 4.79 Å². The van der Waals surface area contributed by atoms with E-state index in [1.165, 1.54) is 0 Å². The van der Waals surface area contributed by atoms with Crippen LogP contribution in [-0.4, -0.2) is 46.3 Å². The van der Waals surface area contributed by atoms with Crippen molar-refractivity contribution in [3.8, 4) is 0 Å². The summed E-state index contributed by atoms with van der Waals surface area (Å²) in [6.07, 6.45) is -0.383. The highest BCUT2D eigenvalue weighted by Crippen LogP contribution is 2.27. The van der Waals surface area contributed by atoms with Crippen molar-refractivity contribution in [1.82, 2.24) is 4.90 Å². The fourth-order valence-electron chi connectivity index (χ4n) is 1.85. The topological polar surface area (TPSA) is 60.8 Å². The van der Waals surface area contributed by atoms with Crippen LogP contribution < -0.4 is 0 Å². The minimum Gasteiger partial charge on any atom is -0.394 e. The summed E-state index contributed by atoms with van der Waals surface area (Å²) in [7, 11) is 0. The number of amides is 1. The van der Waals surface area contributed by atoms with Crippen LogP contribution in [0.5, 0.6) is 0 Å². The highest BCUT2D eigenvalue weighted by atomic mass is 16.3. The van der Waals surface area contributed by atoms with Crippen LogP contribution in [0.15, 0.2) is 0 Å². The minimum atomic E-state index is -0.570.